The summed E-state index contributed by atoms with van der Waals surface area (Å²) in [5, 5.41) is 2.08. The summed E-state index contributed by atoms with van der Waals surface area (Å²) in [6.45, 7) is 2.67. The summed E-state index contributed by atoms with van der Waals surface area (Å²) in [6.07, 6.45) is 0. The number of hydrogen-bond acceptors (Lipinski definition) is 4. The third-order valence-corrected chi connectivity index (χ3v) is 1.49. The van der Waals surface area contributed by atoms with Crippen molar-refractivity contribution in [3.05, 3.63) is 0 Å². The van der Waals surface area contributed by atoms with E-state index in [1.165, 1.54) is 0 Å². The Morgan fingerprint density at radius 2 is 2.18 bits per heavy atom. The monoisotopic (exact) mass is 151 g/mol. The van der Waals surface area contributed by atoms with E-state index >= 15 is 0 Å². The molecule has 0 spiro atoms. The molecule has 1 aliphatic rings. The molecule has 1 heterocycles. The zero-order valence-electron chi connectivity index (χ0n) is 6.71. The molecule has 0 aromatic heterocycles. The Hall–Kier alpha value is -0.0126. The van der Waals surface area contributed by atoms with E-state index in [2.05, 4.69) is 0 Å². The molecule has 0 aromatic carbocycles. The Labute approximate surface area is 75.0 Å². The summed E-state index contributed by atoms with van der Waals surface area (Å²) >= 11 is 1.78. The average molecular weight is 151 g/mol. The number of nitrogens with zero attached hydrogens (tertiary/aromatic N) is 1. The standard InChI is InChI=1S/C6H10NO3.Li/c1-6(8)10-7-2-4-9-5-3-7;/h1-5H2;. The topological polar surface area (TPSA) is 38.8 Å². The van der Waals surface area contributed by atoms with Crippen molar-refractivity contribution in [1.29, 1.82) is 0 Å². The molecule has 1 fully saturated rings. The third-order valence-electron chi connectivity index (χ3n) is 1.49. The second kappa shape index (κ2) is 4.78. The number of hydroxylamine groups is 2. The van der Waals surface area contributed by atoms with E-state index in [9.17, 15) is 4.79 Å². The van der Waals surface area contributed by atoms with Crippen LogP contribution >= 0.6 is 0 Å². The first-order valence-corrected chi connectivity index (χ1v) is 3.86. The Morgan fingerprint density at radius 3 is 2.73 bits per heavy atom. The predicted molar refractivity (Wildman–Crippen MR) is 39.0 cm³/mol. The molecule has 58 valence electrons. The molecule has 0 aliphatic carbocycles. The van der Waals surface area contributed by atoms with Crippen molar-refractivity contribution in [2.75, 3.05) is 26.3 Å². The molecule has 0 bridgehead atoms. The van der Waals surface area contributed by atoms with Gasteiger partial charge in [-0.2, -0.15) is 0 Å². The third kappa shape index (κ3) is 3.26. The number of morpholine rings is 1. The van der Waals surface area contributed by atoms with Gasteiger partial charge in [-0.3, -0.25) is 0 Å². The van der Waals surface area contributed by atoms with Gasteiger partial charge in [-0.25, -0.2) is 0 Å². The Bertz CT molecular complexity index is 136. The molecule has 0 atom stereocenters. The van der Waals surface area contributed by atoms with Crippen LogP contribution in [0.3, 0.4) is 0 Å². The molecule has 1 saturated heterocycles. The number of carbonyl (C=O) groups is 1. The van der Waals surface area contributed by atoms with Crippen LogP contribution in [0, 0.1) is 0 Å². The quantitative estimate of drug-likeness (QED) is 0.492. The minimum absolute atomic E-state index is 0.174. The van der Waals surface area contributed by atoms with E-state index in [1.54, 1.807) is 22.8 Å². The van der Waals surface area contributed by atoms with Crippen LogP contribution in [-0.2, 0) is 14.4 Å². The summed E-state index contributed by atoms with van der Waals surface area (Å²) in [5.74, 6) is -0.174. The van der Waals surface area contributed by atoms with Crippen molar-refractivity contribution >= 4 is 23.7 Å². The molecule has 0 radical (unpaired) electrons. The first kappa shape index (κ1) is 9.08. The summed E-state index contributed by atoms with van der Waals surface area (Å²) < 4.78 is 5.08. The van der Waals surface area contributed by atoms with Crippen LogP contribution in [0.25, 0.3) is 0 Å². The van der Waals surface area contributed by atoms with E-state index in [0.29, 0.717) is 31.4 Å². The molecule has 11 heavy (non-hydrogen) atoms. The van der Waals surface area contributed by atoms with Gasteiger partial charge in [0.05, 0.1) is 0 Å². The van der Waals surface area contributed by atoms with E-state index in [0.717, 1.165) is 0 Å². The summed E-state index contributed by atoms with van der Waals surface area (Å²) in [6, 6.07) is 0. The molecular weight excluding hydrogens is 141 g/mol. The van der Waals surface area contributed by atoms with Gasteiger partial charge in [-0.15, -0.1) is 0 Å². The zero-order valence-corrected chi connectivity index (χ0v) is 6.71. The number of hydrogen-bond donors (Lipinski definition) is 0. The van der Waals surface area contributed by atoms with Crippen molar-refractivity contribution in [2.45, 2.75) is 5.09 Å². The van der Waals surface area contributed by atoms with Crippen molar-refractivity contribution in [3.63, 3.8) is 0 Å². The maximum atomic E-state index is 10.8. The SMILES string of the molecule is [Li][CH2]C(=O)ON1CCOCC1. The van der Waals surface area contributed by atoms with Crippen LogP contribution < -0.4 is 0 Å². The van der Waals surface area contributed by atoms with Crippen LogP contribution in [0.5, 0.6) is 0 Å². The van der Waals surface area contributed by atoms with Gasteiger partial charge in [0, 0.05) is 0 Å². The molecule has 0 amide bonds. The number of rotatable bonds is 2. The number of ether oxygens (including phenoxy) is 1. The predicted octanol–water partition coefficient (Wildman–Crippen LogP) is -0.636. The van der Waals surface area contributed by atoms with Crippen LogP contribution in [0.2, 0.25) is 5.09 Å². The van der Waals surface area contributed by atoms with Gasteiger partial charge >= 0.3 is 74.5 Å². The molecule has 1 rings (SSSR count). The molecule has 0 unspecified atom stereocenters. The molecular formula is C6H10LiNO3. The number of carbonyl (C=O) groups excluding carboxylic acids is 1. The first-order chi connectivity index (χ1) is 5.33. The molecule has 0 N–H and O–H groups in total. The van der Waals surface area contributed by atoms with Crippen molar-refractivity contribution in [3.8, 4) is 0 Å². The van der Waals surface area contributed by atoms with Crippen LogP contribution in [0.1, 0.15) is 0 Å². The normalized spacial score (nSPS) is 19.8. The fourth-order valence-corrected chi connectivity index (χ4v) is 0.846. The molecule has 1 aliphatic heterocycles. The van der Waals surface area contributed by atoms with Gasteiger partial charge in [-0.05, 0) is 0 Å². The molecule has 0 aromatic rings. The van der Waals surface area contributed by atoms with Gasteiger partial charge in [0.2, 0.25) is 0 Å². The second-order valence-corrected chi connectivity index (χ2v) is 2.36. The van der Waals surface area contributed by atoms with Crippen LogP contribution in [0.4, 0.5) is 0 Å². The summed E-state index contributed by atoms with van der Waals surface area (Å²) in [4.78, 5) is 15.7. The zero-order chi connectivity index (χ0) is 8.10. The van der Waals surface area contributed by atoms with Crippen molar-refractivity contribution in [2.24, 2.45) is 0 Å². The van der Waals surface area contributed by atoms with E-state index < -0.39 is 0 Å². The van der Waals surface area contributed by atoms with Crippen molar-refractivity contribution < 1.29 is 14.4 Å². The summed E-state index contributed by atoms with van der Waals surface area (Å²) in [5.41, 5.74) is 0. The van der Waals surface area contributed by atoms with Gasteiger partial charge in [0.1, 0.15) is 0 Å². The van der Waals surface area contributed by atoms with Gasteiger partial charge < -0.3 is 0 Å². The van der Waals surface area contributed by atoms with Gasteiger partial charge in [0.25, 0.3) is 0 Å². The maximum absolute atomic E-state index is 10.8. The fourth-order valence-electron chi connectivity index (χ4n) is 0.846. The molecule has 4 nitrogen and oxygen atoms in total. The first-order valence-electron chi connectivity index (χ1n) is 3.86. The van der Waals surface area contributed by atoms with Crippen LogP contribution in [0.15, 0.2) is 0 Å². The summed E-state index contributed by atoms with van der Waals surface area (Å²) in [7, 11) is 0. The fraction of sp³-hybridized carbons (Fsp3) is 0.833. The second-order valence-electron chi connectivity index (χ2n) is 2.36. The van der Waals surface area contributed by atoms with E-state index in [4.69, 9.17) is 9.57 Å². The Morgan fingerprint density at radius 1 is 1.55 bits per heavy atom. The Kier molecular flexibility index (Phi) is 3.95. The average Bonchev–Trinajstić information content (AvgIpc) is 2.06. The molecule has 0 saturated carbocycles. The van der Waals surface area contributed by atoms with Gasteiger partial charge in [-0.1, -0.05) is 0 Å². The van der Waals surface area contributed by atoms with Crippen LogP contribution in [-0.4, -0.2) is 55.1 Å². The van der Waals surface area contributed by atoms with E-state index in [-0.39, 0.29) is 5.97 Å². The Balaban J connectivity index is 2.19. The van der Waals surface area contributed by atoms with E-state index in [1.807, 2.05) is 0 Å². The van der Waals surface area contributed by atoms with Crippen molar-refractivity contribution in [1.82, 2.24) is 5.06 Å². The minimum atomic E-state index is -0.174. The molecule has 5 heteroatoms. The van der Waals surface area contributed by atoms with Gasteiger partial charge in [0.15, 0.2) is 0 Å².